The Balaban J connectivity index is 2.36. The van der Waals surface area contributed by atoms with E-state index in [9.17, 15) is 10.1 Å². The summed E-state index contributed by atoms with van der Waals surface area (Å²) in [5.74, 6) is -0.121. The van der Waals surface area contributed by atoms with E-state index in [0.717, 1.165) is 11.1 Å². The average Bonchev–Trinajstić information content (AvgIpc) is 2.71. The highest BCUT2D eigenvalue weighted by atomic mass is 32.1. The van der Waals surface area contributed by atoms with E-state index in [1.807, 2.05) is 16.8 Å². The second-order valence-electron chi connectivity index (χ2n) is 2.67. The molecule has 0 saturated carbocycles. The van der Waals surface area contributed by atoms with Crippen molar-refractivity contribution in [2.75, 3.05) is 0 Å². The van der Waals surface area contributed by atoms with Gasteiger partial charge >= 0.3 is 5.82 Å². The third-order valence-electron chi connectivity index (χ3n) is 1.79. The summed E-state index contributed by atoms with van der Waals surface area (Å²) in [6.45, 7) is 0. The highest BCUT2D eigenvalue weighted by molar-refractivity contribution is 7.08. The molecule has 0 fully saturated rings. The van der Waals surface area contributed by atoms with Crippen LogP contribution in [0, 0.1) is 10.1 Å². The second-order valence-corrected chi connectivity index (χ2v) is 3.45. The minimum atomic E-state index is -0.503. The Morgan fingerprint density at radius 2 is 2.14 bits per heavy atom. The molecule has 0 bridgehead atoms. The zero-order chi connectivity index (χ0) is 9.97. The molecule has 2 aromatic heterocycles. The van der Waals surface area contributed by atoms with Crippen LogP contribution in [0.25, 0.3) is 11.1 Å². The molecule has 0 aliphatic rings. The molecule has 5 heteroatoms. The van der Waals surface area contributed by atoms with E-state index in [1.165, 1.54) is 12.3 Å². The van der Waals surface area contributed by atoms with E-state index < -0.39 is 4.92 Å². The van der Waals surface area contributed by atoms with Gasteiger partial charge < -0.3 is 10.1 Å². The highest BCUT2D eigenvalue weighted by Crippen LogP contribution is 2.22. The Morgan fingerprint density at radius 1 is 1.29 bits per heavy atom. The number of thiophene rings is 1. The maximum absolute atomic E-state index is 10.3. The first-order chi connectivity index (χ1) is 6.77. The number of nitro groups is 1. The molecule has 0 unspecified atom stereocenters. The van der Waals surface area contributed by atoms with Crippen LogP contribution in [0.1, 0.15) is 0 Å². The van der Waals surface area contributed by atoms with Gasteiger partial charge in [0.2, 0.25) is 0 Å². The molecule has 0 aliphatic heterocycles. The molecule has 0 aliphatic carbocycles. The summed E-state index contributed by atoms with van der Waals surface area (Å²) in [7, 11) is 0. The van der Waals surface area contributed by atoms with Crippen LogP contribution < -0.4 is 0 Å². The monoisotopic (exact) mass is 206 g/mol. The minimum absolute atomic E-state index is 0.121. The fourth-order valence-electron chi connectivity index (χ4n) is 1.09. The zero-order valence-electron chi connectivity index (χ0n) is 7.08. The van der Waals surface area contributed by atoms with Crippen molar-refractivity contribution in [2.45, 2.75) is 0 Å². The lowest BCUT2D eigenvalue weighted by Crippen LogP contribution is -1.90. The fourth-order valence-corrected chi connectivity index (χ4v) is 1.76. The Morgan fingerprint density at radius 3 is 2.64 bits per heavy atom. The summed E-state index contributed by atoms with van der Waals surface area (Å²) in [5, 5.41) is 14.3. The largest absolute Gasteiger partial charge is 0.363 e. The summed E-state index contributed by atoms with van der Waals surface area (Å²) in [6, 6.07) is 5.06. The van der Waals surface area contributed by atoms with Gasteiger partial charge in [-0.1, -0.05) is 0 Å². The van der Waals surface area contributed by atoms with E-state index in [4.69, 9.17) is 0 Å². The summed E-state index contributed by atoms with van der Waals surface area (Å²) in [5.41, 5.74) is 1.94. The van der Waals surface area contributed by atoms with Crippen molar-refractivity contribution in [1.82, 2.24) is 4.98 Å². The van der Waals surface area contributed by atoms with Crippen molar-refractivity contribution in [3.05, 3.63) is 45.3 Å². The van der Waals surface area contributed by atoms with Crippen LogP contribution in [0.3, 0.4) is 0 Å². The lowest BCUT2D eigenvalue weighted by molar-refractivity contribution is -0.389. The van der Waals surface area contributed by atoms with Gasteiger partial charge in [-0.2, -0.15) is 11.3 Å². The van der Waals surface area contributed by atoms with Gasteiger partial charge in [0.25, 0.3) is 0 Å². The van der Waals surface area contributed by atoms with Crippen LogP contribution in [-0.2, 0) is 0 Å². The molecule has 0 spiro atoms. The van der Waals surface area contributed by atoms with Gasteiger partial charge in [0.1, 0.15) is 6.20 Å². The Hall–Kier alpha value is -1.75. The normalized spacial score (nSPS) is 10.0. The number of hydrogen-bond donors (Lipinski definition) is 0. The first-order valence-corrected chi connectivity index (χ1v) is 4.84. The van der Waals surface area contributed by atoms with Crippen LogP contribution in [0.4, 0.5) is 5.82 Å². The number of aromatic nitrogens is 1. The lowest BCUT2D eigenvalue weighted by atomic mass is 10.1. The fraction of sp³-hybridized carbons (Fsp3) is 0. The average molecular weight is 206 g/mol. The Bertz CT molecular complexity index is 436. The van der Waals surface area contributed by atoms with E-state index in [2.05, 4.69) is 4.98 Å². The molecule has 14 heavy (non-hydrogen) atoms. The standard InChI is InChI=1S/C9H6N2O2S/c12-11(13)9-2-1-7(5-10-9)8-3-4-14-6-8/h1-6H. The van der Waals surface area contributed by atoms with Gasteiger partial charge in [0, 0.05) is 11.6 Å². The molecule has 0 aromatic carbocycles. The quantitative estimate of drug-likeness (QED) is 0.560. The van der Waals surface area contributed by atoms with E-state index >= 15 is 0 Å². The molecule has 2 heterocycles. The molecule has 0 radical (unpaired) electrons. The molecule has 0 saturated heterocycles. The van der Waals surface area contributed by atoms with Crippen molar-refractivity contribution in [3.63, 3.8) is 0 Å². The van der Waals surface area contributed by atoms with Crippen molar-refractivity contribution in [1.29, 1.82) is 0 Å². The number of hydrogen-bond acceptors (Lipinski definition) is 4. The number of pyridine rings is 1. The maximum atomic E-state index is 10.3. The molecule has 0 amide bonds. The van der Waals surface area contributed by atoms with Crippen LogP contribution in [0.2, 0.25) is 0 Å². The van der Waals surface area contributed by atoms with Gasteiger partial charge in [-0.3, -0.25) is 0 Å². The maximum Gasteiger partial charge on any atom is 0.363 e. The van der Waals surface area contributed by atoms with E-state index in [-0.39, 0.29) is 5.82 Å². The Labute approximate surface area is 84.0 Å². The van der Waals surface area contributed by atoms with Gasteiger partial charge in [-0.05, 0) is 38.4 Å². The minimum Gasteiger partial charge on any atom is -0.358 e. The van der Waals surface area contributed by atoms with Crippen LogP contribution in [-0.4, -0.2) is 9.91 Å². The van der Waals surface area contributed by atoms with Crippen molar-refractivity contribution in [2.24, 2.45) is 0 Å². The Kier molecular flexibility index (Phi) is 2.24. The first-order valence-electron chi connectivity index (χ1n) is 3.90. The smallest absolute Gasteiger partial charge is 0.358 e. The number of nitrogens with zero attached hydrogens (tertiary/aromatic N) is 2. The number of rotatable bonds is 2. The van der Waals surface area contributed by atoms with E-state index in [0.29, 0.717) is 0 Å². The third-order valence-corrected chi connectivity index (χ3v) is 2.47. The molecule has 70 valence electrons. The van der Waals surface area contributed by atoms with Crippen LogP contribution in [0.5, 0.6) is 0 Å². The van der Waals surface area contributed by atoms with E-state index in [1.54, 1.807) is 17.4 Å². The van der Waals surface area contributed by atoms with Crippen molar-refractivity contribution >= 4 is 17.2 Å². The predicted molar refractivity (Wildman–Crippen MR) is 54.2 cm³/mol. The molecule has 4 nitrogen and oxygen atoms in total. The van der Waals surface area contributed by atoms with Gasteiger partial charge in [-0.25, -0.2) is 0 Å². The topological polar surface area (TPSA) is 56.0 Å². The summed E-state index contributed by atoms with van der Waals surface area (Å²) >= 11 is 1.58. The predicted octanol–water partition coefficient (Wildman–Crippen LogP) is 2.72. The summed E-state index contributed by atoms with van der Waals surface area (Å²) in [6.07, 6.45) is 1.51. The van der Waals surface area contributed by atoms with Gasteiger partial charge in [-0.15, -0.1) is 0 Å². The zero-order valence-corrected chi connectivity index (χ0v) is 7.90. The molecule has 2 aromatic rings. The molecular formula is C9H6N2O2S. The molecule has 2 rings (SSSR count). The second kappa shape index (κ2) is 3.55. The highest BCUT2D eigenvalue weighted by Gasteiger charge is 2.07. The first kappa shape index (κ1) is 8.83. The van der Waals surface area contributed by atoms with Crippen LogP contribution in [0.15, 0.2) is 35.2 Å². The van der Waals surface area contributed by atoms with Gasteiger partial charge in [0.15, 0.2) is 0 Å². The molecule has 0 N–H and O–H groups in total. The summed E-state index contributed by atoms with van der Waals surface area (Å²) in [4.78, 5) is 13.6. The van der Waals surface area contributed by atoms with Gasteiger partial charge in [0.05, 0.1) is 0 Å². The van der Waals surface area contributed by atoms with Crippen LogP contribution >= 0.6 is 11.3 Å². The summed E-state index contributed by atoms with van der Waals surface area (Å²) < 4.78 is 0. The molecule has 0 atom stereocenters. The molecular weight excluding hydrogens is 200 g/mol. The van der Waals surface area contributed by atoms with Crippen molar-refractivity contribution in [3.8, 4) is 11.1 Å². The van der Waals surface area contributed by atoms with Crippen molar-refractivity contribution < 1.29 is 4.92 Å². The SMILES string of the molecule is O=[N+]([O-])c1ccc(-c2ccsc2)cn1. The lowest BCUT2D eigenvalue weighted by Gasteiger charge is -1.94. The third kappa shape index (κ3) is 1.62.